The first-order valence-corrected chi connectivity index (χ1v) is 9.92. The van der Waals surface area contributed by atoms with Crippen LogP contribution in [0, 0.1) is 38.7 Å². The van der Waals surface area contributed by atoms with Gasteiger partial charge in [0.05, 0.1) is 22.0 Å². The zero-order chi connectivity index (χ0) is 20.3. The minimum atomic E-state index is -4.06. The van der Waals surface area contributed by atoms with Crippen LogP contribution in [0.3, 0.4) is 0 Å². The molecule has 2 aromatic rings. The molecule has 0 N–H and O–H groups in total. The number of non-ortho nitro benzene ring substituents is 1. The van der Waals surface area contributed by atoms with E-state index >= 15 is 0 Å². The lowest BCUT2D eigenvalue weighted by Gasteiger charge is -2.21. The molecule has 1 aliphatic heterocycles. The van der Waals surface area contributed by atoms with Gasteiger partial charge in [-0.05, 0) is 17.7 Å². The molecule has 8 nitrogen and oxygen atoms in total. The van der Waals surface area contributed by atoms with Gasteiger partial charge in [-0.1, -0.05) is 30.3 Å². The summed E-state index contributed by atoms with van der Waals surface area (Å²) in [6.45, 7) is 0.0634. The lowest BCUT2D eigenvalue weighted by molar-refractivity contribution is -0.384. The van der Waals surface area contributed by atoms with Gasteiger partial charge in [-0.3, -0.25) is 10.1 Å². The number of nitrogens with zero attached hydrogens (tertiary/aromatic N) is 4. The zero-order valence-corrected chi connectivity index (χ0v) is 15.5. The van der Waals surface area contributed by atoms with Gasteiger partial charge in [-0.25, -0.2) is 8.42 Å². The Morgan fingerprint density at radius 2 is 1.75 bits per heavy atom. The molecule has 2 aromatic carbocycles. The van der Waals surface area contributed by atoms with Crippen molar-refractivity contribution < 1.29 is 13.3 Å². The van der Waals surface area contributed by atoms with Crippen LogP contribution < -0.4 is 0 Å². The highest BCUT2D eigenvalue weighted by Gasteiger charge is 2.48. The molecule has 0 bridgehead atoms. The number of nitro benzene ring substituents is 1. The molecule has 9 heteroatoms. The fourth-order valence-electron chi connectivity index (χ4n) is 3.57. The summed E-state index contributed by atoms with van der Waals surface area (Å²) in [5.41, 5.74) is 0.645. The highest BCUT2D eigenvalue weighted by Crippen LogP contribution is 2.41. The van der Waals surface area contributed by atoms with Crippen molar-refractivity contribution >= 4 is 15.7 Å². The van der Waals surface area contributed by atoms with E-state index in [-0.39, 0.29) is 29.5 Å². The van der Waals surface area contributed by atoms with Gasteiger partial charge >= 0.3 is 0 Å². The topological polar surface area (TPSA) is 128 Å². The van der Waals surface area contributed by atoms with Crippen molar-refractivity contribution in [2.75, 3.05) is 6.54 Å². The summed E-state index contributed by atoms with van der Waals surface area (Å²) in [7, 11) is -4.06. The third kappa shape index (κ3) is 3.46. The number of sulfonamides is 1. The second-order valence-corrected chi connectivity index (χ2v) is 8.33. The molecular weight excluding hydrogens is 380 g/mol. The molecule has 0 unspecified atom stereocenters. The fourth-order valence-corrected chi connectivity index (χ4v) is 5.18. The predicted octanol–water partition coefficient (Wildman–Crippen LogP) is 2.80. The van der Waals surface area contributed by atoms with Crippen molar-refractivity contribution in [1.29, 1.82) is 10.5 Å². The molecule has 1 aliphatic rings. The molecule has 0 amide bonds. The van der Waals surface area contributed by atoms with Gasteiger partial charge in [0, 0.05) is 36.9 Å². The van der Waals surface area contributed by atoms with E-state index < -0.39 is 26.9 Å². The maximum absolute atomic E-state index is 13.1. The minimum absolute atomic E-state index is 0.0457. The fraction of sp³-hybridized carbons (Fsp3) is 0.263. The third-order valence-electron chi connectivity index (χ3n) is 4.95. The van der Waals surface area contributed by atoms with Crippen LogP contribution in [0.1, 0.15) is 17.9 Å². The first-order valence-electron chi connectivity index (χ1n) is 8.48. The van der Waals surface area contributed by atoms with E-state index in [1.165, 1.54) is 0 Å². The summed E-state index contributed by atoms with van der Waals surface area (Å²) >= 11 is 0. The van der Waals surface area contributed by atoms with Crippen LogP contribution in [0.2, 0.25) is 0 Å². The van der Waals surface area contributed by atoms with Gasteiger partial charge in [-0.2, -0.15) is 14.8 Å². The van der Waals surface area contributed by atoms with Gasteiger partial charge in [0.1, 0.15) is 6.04 Å². The standard InChI is InChI=1S/C19H16N4O4S/c20-11-10-17-18(14-4-2-1-3-5-14)13-22(19(17)12-21)28(26,27)16-8-6-15(7-9-16)23(24)25/h1-9,17-19H,10,13H2/t17-,18+,19+/m0/s1. The van der Waals surface area contributed by atoms with E-state index in [1.807, 2.05) is 36.4 Å². The van der Waals surface area contributed by atoms with E-state index in [0.29, 0.717) is 0 Å². The molecule has 0 spiro atoms. The predicted molar refractivity (Wildman–Crippen MR) is 99.3 cm³/mol. The number of nitro groups is 1. The summed E-state index contributed by atoms with van der Waals surface area (Å²) in [4.78, 5) is 10.1. The summed E-state index contributed by atoms with van der Waals surface area (Å²) < 4.78 is 27.4. The number of hydrogen-bond acceptors (Lipinski definition) is 6. The lowest BCUT2D eigenvalue weighted by Crippen LogP contribution is -2.36. The van der Waals surface area contributed by atoms with Crippen LogP contribution in [0.15, 0.2) is 59.5 Å². The third-order valence-corrected chi connectivity index (χ3v) is 6.81. The molecular formula is C19H16N4O4S. The van der Waals surface area contributed by atoms with Crippen LogP contribution in [0.4, 0.5) is 5.69 Å². The van der Waals surface area contributed by atoms with Crippen molar-refractivity contribution in [3.63, 3.8) is 0 Å². The molecule has 1 fully saturated rings. The molecule has 142 valence electrons. The maximum Gasteiger partial charge on any atom is 0.269 e. The van der Waals surface area contributed by atoms with E-state index in [1.54, 1.807) is 0 Å². The number of benzene rings is 2. The van der Waals surface area contributed by atoms with Crippen molar-refractivity contribution in [1.82, 2.24) is 4.31 Å². The Hall–Kier alpha value is -3.27. The lowest BCUT2D eigenvalue weighted by atomic mass is 9.84. The van der Waals surface area contributed by atoms with Gasteiger partial charge in [0.25, 0.3) is 5.69 Å². The number of nitriles is 2. The maximum atomic E-state index is 13.1. The molecule has 0 aliphatic carbocycles. The average Bonchev–Trinajstić information content (AvgIpc) is 3.08. The Morgan fingerprint density at radius 3 is 2.29 bits per heavy atom. The monoisotopic (exact) mass is 396 g/mol. The molecule has 0 saturated carbocycles. The molecule has 0 radical (unpaired) electrons. The largest absolute Gasteiger partial charge is 0.269 e. The average molecular weight is 396 g/mol. The zero-order valence-electron chi connectivity index (χ0n) is 14.7. The highest BCUT2D eigenvalue weighted by molar-refractivity contribution is 7.89. The van der Waals surface area contributed by atoms with E-state index in [4.69, 9.17) is 0 Å². The first kappa shape index (κ1) is 19.5. The van der Waals surface area contributed by atoms with Crippen LogP contribution in [0.25, 0.3) is 0 Å². The second kappa shape index (κ2) is 7.77. The summed E-state index contributed by atoms with van der Waals surface area (Å²) in [5, 5.41) is 29.7. The minimum Gasteiger partial charge on any atom is -0.258 e. The Kier molecular flexibility index (Phi) is 5.41. The normalized spacial score (nSPS) is 22.3. The van der Waals surface area contributed by atoms with Crippen LogP contribution in [0.5, 0.6) is 0 Å². The molecule has 3 atom stereocenters. The number of hydrogen-bond donors (Lipinski definition) is 0. The molecule has 3 rings (SSSR count). The molecule has 28 heavy (non-hydrogen) atoms. The Bertz CT molecular complexity index is 1060. The van der Waals surface area contributed by atoms with Crippen molar-refractivity contribution in [2.45, 2.75) is 23.3 Å². The van der Waals surface area contributed by atoms with Crippen molar-refractivity contribution in [2.24, 2.45) is 5.92 Å². The highest BCUT2D eigenvalue weighted by atomic mass is 32.2. The van der Waals surface area contributed by atoms with Crippen LogP contribution in [-0.4, -0.2) is 30.2 Å². The number of rotatable bonds is 5. The van der Waals surface area contributed by atoms with Crippen LogP contribution in [-0.2, 0) is 10.0 Å². The molecule has 0 aromatic heterocycles. The molecule has 1 heterocycles. The van der Waals surface area contributed by atoms with Gasteiger partial charge in [0.2, 0.25) is 10.0 Å². The van der Waals surface area contributed by atoms with Gasteiger partial charge < -0.3 is 0 Å². The Balaban J connectivity index is 2.01. The van der Waals surface area contributed by atoms with Crippen molar-refractivity contribution in [3.8, 4) is 12.1 Å². The van der Waals surface area contributed by atoms with Crippen molar-refractivity contribution in [3.05, 3.63) is 70.3 Å². The van der Waals surface area contributed by atoms with Gasteiger partial charge in [-0.15, -0.1) is 0 Å². The van der Waals surface area contributed by atoms with E-state index in [2.05, 4.69) is 6.07 Å². The summed E-state index contributed by atoms with van der Waals surface area (Å²) in [6.07, 6.45) is 0.0457. The van der Waals surface area contributed by atoms with Crippen LogP contribution >= 0.6 is 0 Å². The first-order chi connectivity index (χ1) is 13.4. The Morgan fingerprint density at radius 1 is 1.11 bits per heavy atom. The van der Waals surface area contributed by atoms with Gasteiger partial charge in [0.15, 0.2) is 0 Å². The summed E-state index contributed by atoms with van der Waals surface area (Å²) in [5.74, 6) is -0.761. The quantitative estimate of drug-likeness (QED) is 0.564. The Labute approximate surface area is 162 Å². The second-order valence-electron chi connectivity index (χ2n) is 6.44. The van der Waals surface area contributed by atoms with E-state index in [9.17, 15) is 29.1 Å². The summed E-state index contributed by atoms with van der Waals surface area (Å²) in [6, 6.07) is 16.9. The molecule has 1 saturated heterocycles. The SMILES string of the molecule is N#CC[C@H]1[C@@H](c2ccccc2)CN(S(=O)(=O)c2ccc([N+](=O)[O-])cc2)[C@@H]1C#N. The van der Waals surface area contributed by atoms with E-state index in [0.717, 1.165) is 34.1 Å². The smallest absolute Gasteiger partial charge is 0.258 e.